The average Bonchev–Trinajstić information content (AvgIpc) is 3.05. The number of benzene rings is 2. The zero-order valence-electron chi connectivity index (χ0n) is 14.5. The number of ether oxygens (including phenoxy) is 1. The summed E-state index contributed by atoms with van der Waals surface area (Å²) < 4.78 is 23.8. The second-order valence-corrected chi connectivity index (χ2v) is 5.81. The van der Waals surface area contributed by atoms with E-state index < -0.39 is 0 Å². The third-order valence-corrected chi connectivity index (χ3v) is 4.11. The molecule has 0 bridgehead atoms. The van der Waals surface area contributed by atoms with E-state index in [-0.39, 0.29) is 17.8 Å². The monoisotopic (exact) mass is 354 g/mol. The minimum absolute atomic E-state index is 0.269. The predicted octanol–water partition coefficient (Wildman–Crippen LogP) is 3.91. The number of aromatic nitrogens is 1. The van der Waals surface area contributed by atoms with Crippen LogP contribution in [0.2, 0.25) is 0 Å². The fourth-order valence-corrected chi connectivity index (χ4v) is 2.72. The first-order chi connectivity index (χ1) is 12.6. The second-order valence-electron chi connectivity index (χ2n) is 5.81. The molecule has 0 spiro atoms. The van der Waals surface area contributed by atoms with Crippen molar-refractivity contribution in [2.45, 2.75) is 13.0 Å². The standard InChI is InChI=1S/C20H19FN2O3/c1-13-18(19(23-26-13)15-8-10-16(21)11-9-15)20(24)22-12-17(25-2)14-6-4-3-5-7-14/h3-11,17H,12H2,1-2H3,(H,22,24). The molecule has 0 fully saturated rings. The number of carbonyl (C=O) groups is 1. The largest absolute Gasteiger partial charge is 0.375 e. The summed E-state index contributed by atoms with van der Waals surface area (Å²) in [5.41, 5.74) is 2.30. The molecule has 1 N–H and O–H groups in total. The van der Waals surface area contributed by atoms with E-state index in [9.17, 15) is 9.18 Å². The van der Waals surface area contributed by atoms with Crippen LogP contribution in [0.15, 0.2) is 59.1 Å². The maximum Gasteiger partial charge on any atom is 0.257 e. The second kappa shape index (κ2) is 7.93. The molecule has 0 aliphatic heterocycles. The molecule has 0 aliphatic carbocycles. The van der Waals surface area contributed by atoms with Crippen molar-refractivity contribution in [1.29, 1.82) is 0 Å². The fourth-order valence-electron chi connectivity index (χ4n) is 2.72. The summed E-state index contributed by atoms with van der Waals surface area (Å²) >= 11 is 0. The Morgan fingerprint density at radius 3 is 2.54 bits per heavy atom. The molecule has 0 radical (unpaired) electrons. The van der Waals surface area contributed by atoms with Gasteiger partial charge in [-0.3, -0.25) is 4.79 Å². The number of hydrogen-bond donors (Lipinski definition) is 1. The zero-order valence-corrected chi connectivity index (χ0v) is 14.5. The van der Waals surface area contributed by atoms with E-state index >= 15 is 0 Å². The van der Waals surface area contributed by atoms with E-state index in [1.165, 1.54) is 12.1 Å². The number of amides is 1. The van der Waals surface area contributed by atoms with Gasteiger partial charge in [0.05, 0.1) is 6.10 Å². The average molecular weight is 354 g/mol. The fraction of sp³-hybridized carbons (Fsp3) is 0.200. The van der Waals surface area contributed by atoms with Gasteiger partial charge < -0.3 is 14.6 Å². The summed E-state index contributed by atoms with van der Waals surface area (Å²) in [6.07, 6.45) is -0.269. The Morgan fingerprint density at radius 2 is 1.88 bits per heavy atom. The summed E-state index contributed by atoms with van der Waals surface area (Å²) in [6.45, 7) is 1.97. The molecule has 1 heterocycles. The van der Waals surface area contributed by atoms with Crippen molar-refractivity contribution in [3.8, 4) is 11.3 Å². The molecule has 1 aromatic heterocycles. The van der Waals surface area contributed by atoms with Crippen molar-refractivity contribution in [1.82, 2.24) is 10.5 Å². The van der Waals surface area contributed by atoms with E-state index in [2.05, 4.69) is 10.5 Å². The van der Waals surface area contributed by atoms with E-state index in [1.54, 1.807) is 26.2 Å². The number of hydrogen-bond acceptors (Lipinski definition) is 4. The Morgan fingerprint density at radius 1 is 1.19 bits per heavy atom. The Balaban J connectivity index is 1.78. The molecule has 0 saturated carbocycles. The zero-order chi connectivity index (χ0) is 18.5. The van der Waals surface area contributed by atoms with Gasteiger partial charge in [0.1, 0.15) is 22.8 Å². The number of methoxy groups -OCH3 is 1. The number of nitrogens with zero attached hydrogens (tertiary/aromatic N) is 1. The molecule has 2 aromatic carbocycles. The third kappa shape index (κ3) is 3.81. The molecule has 134 valence electrons. The van der Waals surface area contributed by atoms with Crippen LogP contribution in [0.25, 0.3) is 11.3 Å². The normalized spacial score (nSPS) is 12.0. The van der Waals surface area contributed by atoms with Gasteiger partial charge in [0.15, 0.2) is 0 Å². The predicted molar refractivity (Wildman–Crippen MR) is 95.2 cm³/mol. The maximum atomic E-state index is 13.1. The Hall–Kier alpha value is -2.99. The number of aryl methyl sites for hydroxylation is 1. The van der Waals surface area contributed by atoms with E-state index in [1.807, 2.05) is 30.3 Å². The lowest BCUT2D eigenvalue weighted by molar-refractivity contribution is 0.0827. The lowest BCUT2D eigenvalue weighted by atomic mass is 10.1. The van der Waals surface area contributed by atoms with Crippen LogP contribution in [0.4, 0.5) is 4.39 Å². The summed E-state index contributed by atoms with van der Waals surface area (Å²) in [5.74, 6) is -0.276. The van der Waals surface area contributed by atoms with E-state index in [0.29, 0.717) is 29.1 Å². The topological polar surface area (TPSA) is 64.4 Å². The van der Waals surface area contributed by atoms with Gasteiger partial charge in [-0.05, 0) is 36.8 Å². The molecule has 26 heavy (non-hydrogen) atoms. The Bertz CT molecular complexity index is 876. The number of rotatable bonds is 6. The van der Waals surface area contributed by atoms with Crippen molar-refractivity contribution >= 4 is 5.91 Å². The molecule has 0 aliphatic rings. The number of halogens is 1. The van der Waals surface area contributed by atoms with Crippen LogP contribution >= 0.6 is 0 Å². The van der Waals surface area contributed by atoms with Gasteiger partial charge in [-0.1, -0.05) is 35.5 Å². The van der Waals surface area contributed by atoms with Crippen LogP contribution in [-0.2, 0) is 4.74 Å². The molecule has 3 aromatic rings. The minimum Gasteiger partial charge on any atom is -0.375 e. The van der Waals surface area contributed by atoms with Gasteiger partial charge in [-0.2, -0.15) is 0 Å². The Kier molecular flexibility index (Phi) is 5.43. The van der Waals surface area contributed by atoms with Crippen LogP contribution in [0.1, 0.15) is 27.8 Å². The van der Waals surface area contributed by atoms with Crippen LogP contribution in [-0.4, -0.2) is 24.7 Å². The number of nitrogens with one attached hydrogen (secondary N) is 1. The molecule has 1 unspecified atom stereocenters. The summed E-state index contributed by atoms with van der Waals surface area (Å²) in [5, 5.41) is 6.81. The van der Waals surface area contributed by atoms with Crippen molar-refractivity contribution in [2.75, 3.05) is 13.7 Å². The highest BCUT2D eigenvalue weighted by Crippen LogP contribution is 2.25. The molecular weight excluding hydrogens is 335 g/mol. The summed E-state index contributed by atoms with van der Waals surface area (Å²) in [4.78, 5) is 12.7. The number of carbonyl (C=O) groups excluding carboxylic acids is 1. The lowest BCUT2D eigenvalue weighted by Gasteiger charge is -2.16. The molecule has 5 nitrogen and oxygen atoms in total. The van der Waals surface area contributed by atoms with Crippen LogP contribution in [0.5, 0.6) is 0 Å². The van der Waals surface area contributed by atoms with Gasteiger partial charge >= 0.3 is 0 Å². The Labute approximate surface area is 150 Å². The van der Waals surface area contributed by atoms with Crippen molar-refractivity contribution in [3.63, 3.8) is 0 Å². The van der Waals surface area contributed by atoms with Gasteiger partial charge in [-0.25, -0.2) is 4.39 Å². The smallest absolute Gasteiger partial charge is 0.257 e. The molecule has 6 heteroatoms. The quantitative estimate of drug-likeness (QED) is 0.729. The highest BCUT2D eigenvalue weighted by atomic mass is 19.1. The van der Waals surface area contributed by atoms with Gasteiger partial charge in [0.25, 0.3) is 5.91 Å². The summed E-state index contributed by atoms with van der Waals surface area (Å²) in [7, 11) is 1.60. The first kappa shape index (κ1) is 17.8. The molecule has 0 saturated heterocycles. The van der Waals surface area contributed by atoms with Crippen molar-refractivity contribution in [3.05, 3.63) is 77.3 Å². The summed E-state index contributed by atoms with van der Waals surface area (Å²) in [6, 6.07) is 15.4. The molecule has 1 atom stereocenters. The van der Waals surface area contributed by atoms with Gasteiger partial charge in [0.2, 0.25) is 0 Å². The highest BCUT2D eigenvalue weighted by molar-refractivity contribution is 6.00. The highest BCUT2D eigenvalue weighted by Gasteiger charge is 2.22. The van der Waals surface area contributed by atoms with E-state index in [0.717, 1.165) is 5.56 Å². The van der Waals surface area contributed by atoms with Crippen LogP contribution < -0.4 is 5.32 Å². The third-order valence-electron chi connectivity index (χ3n) is 4.11. The van der Waals surface area contributed by atoms with Crippen LogP contribution in [0.3, 0.4) is 0 Å². The maximum absolute atomic E-state index is 13.1. The molecule has 3 rings (SSSR count). The van der Waals surface area contributed by atoms with Crippen molar-refractivity contribution in [2.24, 2.45) is 0 Å². The SMILES string of the molecule is COC(CNC(=O)c1c(-c2ccc(F)cc2)noc1C)c1ccccc1. The lowest BCUT2D eigenvalue weighted by Crippen LogP contribution is -2.29. The van der Waals surface area contributed by atoms with Gasteiger partial charge in [-0.15, -0.1) is 0 Å². The van der Waals surface area contributed by atoms with Crippen molar-refractivity contribution < 1.29 is 18.4 Å². The first-order valence-electron chi connectivity index (χ1n) is 8.18. The van der Waals surface area contributed by atoms with Crippen LogP contribution in [0, 0.1) is 12.7 Å². The van der Waals surface area contributed by atoms with Gasteiger partial charge in [0, 0.05) is 19.2 Å². The molecular formula is C20H19FN2O3. The first-order valence-corrected chi connectivity index (χ1v) is 8.18. The van der Waals surface area contributed by atoms with E-state index in [4.69, 9.17) is 9.26 Å². The minimum atomic E-state index is -0.356. The molecule has 1 amide bonds.